The second kappa shape index (κ2) is 6.14. The molecule has 0 amide bonds. The molecule has 0 radical (unpaired) electrons. The van der Waals surface area contributed by atoms with E-state index in [1.807, 2.05) is 0 Å². The zero-order chi connectivity index (χ0) is 13.9. The third-order valence-corrected chi connectivity index (χ3v) is 4.51. The Labute approximate surface area is 124 Å². The number of aromatic nitrogens is 2. The van der Waals surface area contributed by atoms with E-state index in [2.05, 4.69) is 19.8 Å². The molecular weight excluding hydrogens is 276 g/mol. The van der Waals surface area contributed by atoms with E-state index < -0.39 is 0 Å². The van der Waals surface area contributed by atoms with Crippen LogP contribution < -0.4 is 9.64 Å². The molecule has 6 heteroatoms. The number of piperidine rings is 1. The molecule has 0 aromatic carbocycles. The number of halogens is 1. The number of ether oxygens (including phenoxy) is 1. The zero-order valence-corrected chi connectivity index (χ0v) is 12.6. The Kier molecular flexibility index (Phi) is 4.27. The number of hydrogen-bond acceptors (Lipinski definition) is 5. The summed E-state index contributed by atoms with van der Waals surface area (Å²) in [7, 11) is 1.58. The van der Waals surface area contributed by atoms with E-state index in [0.29, 0.717) is 17.1 Å². The first-order valence-corrected chi connectivity index (χ1v) is 7.71. The van der Waals surface area contributed by atoms with Gasteiger partial charge in [0.25, 0.3) is 0 Å². The molecule has 1 atom stereocenters. The maximum atomic E-state index is 6.26. The highest BCUT2D eigenvalue weighted by Gasteiger charge is 2.28. The Morgan fingerprint density at radius 3 is 2.80 bits per heavy atom. The van der Waals surface area contributed by atoms with Crippen molar-refractivity contribution in [2.75, 3.05) is 38.2 Å². The fourth-order valence-corrected chi connectivity index (χ4v) is 3.43. The second-order valence-electron chi connectivity index (χ2n) is 5.51. The monoisotopic (exact) mass is 296 g/mol. The smallest absolute Gasteiger partial charge is 0.318 e. The van der Waals surface area contributed by atoms with Gasteiger partial charge in [-0.2, -0.15) is 4.98 Å². The molecule has 2 aliphatic heterocycles. The molecule has 3 heterocycles. The van der Waals surface area contributed by atoms with Crippen LogP contribution in [-0.2, 0) is 0 Å². The Morgan fingerprint density at radius 2 is 2.05 bits per heavy atom. The van der Waals surface area contributed by atoms with Crippen molar-refractivity contribution in [2.24, 2.45) is 0 Å². The van der Waals surface area contributed by atoms with Crippen molar-refractivity contribution in [1.82, 2.24) is 14.9 Å². The quantitative estimate of drug-likeness (QED) is 0.855. The lowest BCUT2D eigenvalue weighted by atomic mass is 10.0. The standard InChI is InChI=1S/C14H21ClN4O/c1-20-14-16-9-12(15)13(17-14)19-8-4-5-11(10-19)18-6-2-3-7-18/h9,11H,2-8,10H2,1H3/t11-/m0/s1. The third kappa shape index (κ3) is 2.83. The number of methoxy groups -OCH3 is 1. The summed E-state index contributed by atoms with van der Waals surface area (Å²) in [5.41, 5.74) is 0. The number of anilines is 1. The molecule has 110 valence electrons. The van der Waals surface area contributed by atoms with Crippen LogP contribution in [0.1, 0.15) is 25.7 Å². The summed E-state index contributed by atoms with van der Waals surface area (Å²) < 4.78 is 5.11. The van der Waals surface area contributed by atoms with Crippen molar-refractivity contribution >= 4 is 17.4 Å². The van der Waals surface area contributed by atoms with Crippen LogP contribution in [0, 0.1) is 0 Å². The lowest BCUT2D eigenvalue weighted by Gasteiger charge is -2.38. The van der Waals surface area contributed by atoms with Gasteiger partial charge in [0.05, 0.1) is 13.3 Å². The summed E-state index contributed by atoms with van der Waals surface area (Å²) >= 11 is 6.26. The summed E-state index contributed by atoms with van der Waals surface area (Å²) in [6, 6.07) is 1.01. The van der Waals surface area contributed by atoms with Crippen molar-refractivity contribution in [1.29, 1.82) is 0 Å². The average Bonchev–Trinajstić information content (AvgIpc) is 3.02. The minimum Gasteiger partial charge on any atom is -0.467 e. The van der Waals surface area contributed by atoms with E-state index in [1.54, 1.807) is 13.3 Å². The van der Waals surface area contributed by atoms with Crippen LogP contribution in [0.4, 0.5) is 5.82 Å². The fraction of sp³-hybridized carbons (Fsp3) is 0.714. The lowest BCUT2D eigenvalue weighted by molar-refractivity contribution is 0.215. The largest absolute Gasteiger partial charge is 0.467 e. The molecule has 0 N–H and O–H groups in total. The van der Waals surface area contributed by atoms with Crippen molar-refractivity contribution in [2.45, 2.75) is 31.7 Å². The van der Waals surface area contributed by atoms with Crippen LogP contribution in [0.3, 0.4) is 0 Å². The molecule has 2 fully saturated rings. The molecular formula is C14H21ClN4O. The number of likely N-dealkylation sites (tertiary alicyclic amines) is 1. The molecule has 0 unspecified atom stereocenters. The molecule has 2 saturated heterocycles. The Balaban J connectivity index is 1.75. The van der Waals surface area contributed by atoms with Gasteiger partial charge in [-0.25, -0.2) is 4.98 Å². The van der Waals surface area contributed by atoms with Gasteiger partial charge in [0.2, 0.25) is 0 Å². The molecule has 20 heavy (non-hydrogen) atoms. The first-order valence-electron chi connectivity index (χ1n) is 7.33. The van der Waals surface area contributed by atoms with Gasteiger partial charge in [-0.15, -0.1) is 0 Å². The zero-order valence-electron chi connectivity index (χ0n) is 11.9. The summed E-state index contributed by atoms with van der Waals surface area (Å²) in [4.78, 5) is 13.4. The van der Waals surface area contributed by atoms with Gasteiger partial charge in [-0.1, -0.05) is 11.6 Å². The van der Waals surface area contributed by atoms with Gasteiger partial charge < -0.3 is 9.64 Å². The second-order valence-corrected chi connectivity index (χ2v) is 5.92. The van der Waals surface area contributed by atoms with Gasteiger partial charge in [0.1, 0.15) is 5.02 Å². The first kappa shape index (κ1) is 13.9. The predicted octanol–water partition coefficient (Wildman–Crippen LogP) is 2.20. The number of hydrogen-bond donors (Lipinski definition) is 0. The summed E-state index contributed by atoms with van der Waals surface area (Å²) in [5, 5.41) is 0.605. The highest BCUT2D eigenvalue weighted by molar-refractivity contribution is 6.32. The average molecular weight is 297 g/mol. The molecule has 0 aliphatic carbocycles. The topological polar surface area (TPSA) is 41.5 Å². The molecule has 0 spiro atoms. The summed E-state index contributed by atoms with van der Waals surface area (Å²) in [6.45, 7) is 4.47. The molecule has 5 nitrogen and oxygen atoms in total. The Morgan fingerprint density at radius 1 is 1.25 bits per heavy atom. The first-order chi connectivity index (χ1) is 9.78. The van der Waals surface area contributed by atoms with Gasteiger partial charge in [-0.05, 0) is 38.8 Å². The SMILES string of the molecule is COc1ncc(Cl)c(N2CCC[C@H](N3CCCC3)C2)n1. The minimum atomic E-state index is 0.382. The van der Waals surface area contributed by atoms with Crippen molar-refractivity contribution in [3.8, 4) is 6.01 Å². The lowest BCUT2D eigenvalue weighted by Crippen LogP contribution is -2.47. The minimum absolute atomic E-state index is 0.382. The van der Waals surface area contributed by atoms with Crippen LogP contribution in [0.25, 0.3) is 0 Å². The Hall–Kier alpha value is -1.07. The molecule has 1 aromatic heterocycles. The maximum Gasteiger partial charge on any atom is 0.318 e. The molecule has 0 saturated carbocycles. The van der Waals surface area contributed by atoms with Crippen LogP contribution in [-0.4, -0.2) is 54.2 Å². The number of rotatable bonds is 3. The van der Waals surface area contributed by atoms with E-state index in [9.17, 15) is 0 Å². The predicted molar refractivity (Wildman–Crippen MR) is 79.6 cm³/mol. The van der Waals surface area contributed by atoms with Crippen LogP contribution in [0.15, 0.2) is 6.20 Å². The Bertz CT molecular complexity index is 464. The third-order valence-electron chi connectivity index (χ3n) is 4.24. The van der Waals surface area contributed by atoms with E-state index in [-0.39, 0.29) is 0 Å². The molecule has 2 aliphatic rings. The van der Waals surface area contributed by atoms with E-state index >= 15 is 0 Å². The molecule has 0 bridgehead atoms. The highest BCUT2D eigenvalue weighted by atomic mass is 35.5. The summed E-state index contributed by atoms with van der Waals surface area (Å²) in [6.07, 6.45) is 6.75. The van der Waals surface area contributed by atoms with Crippen molar-refractivity contribution < 1.29 is 4.74 Å². The molecule has 1 aromatic rings. The van der Waals surface area contributed by atoms with Gasteiger partial charge in [-0.3, -0.25) is 4.90 Å². The summed E-state index contributed by atoms with van der Waals surface area (Å²) in [5.74, 6) is 0.808. The maximum absolute atomic E-state index is 6.26. The van der Waals surface area contributed by atoms with E-state index in [0.717, 1.165) is 18.9 Å². The number of nitrogens with zero attached hydrogens (tertiary/aromatic N) is 4. The van der Waals surface area contributed by atoms with Gasteiger partial charge in [0, 0.05) is 19.1 Å². The normalized spacial score (nSPS) is 24.1. The van der Waals surface area contributed by atoms with Crippen molar-refractivity contribution in [3.63, 3.8) is 0 Å². The van der Waals surface area contributed by atoms with Gasteiger partial charge >= 0.3 is 6.01 Å². The van der Waals surface area contributed by atoms with E-state index in [4.69, 9.17) is 16.3 Å². The highest BCUT2D eigenvalue weighted by Crippen LogP contribution is 2.29. The van der Waals surface area contributed by atoms with Crippen LogP contribution in [0.5, 0.6) is 6.01 Å². The fourth-order valence-electron chi connectivity index (χ4n) is 3.21. The van der Waals surface area contributed by atoms with E-state index in [1.165, 1.54) is 38.8 Å². The van der Waals surface area contributed by atoms with Crippen LogP contribution >= 0.6 is 11.6 Å². The molecule has 3 rings (SSSR count). The van der Waals surface area contributed by atoms with Gasteiger partial charge in [0.15, 0.2) is 5.82 Å². The van der Waals surface area contributed by atoms with Crippen LogP contribution in [0.2, 0.25) is 5.02 Å². The van der Waals surface area contributed by atoms with Crippen molar-refractivity contribution in [3.05, 3.63) is 11.2 Å².